The van der Waals surface area contributed by atoms with Crippen LogP contribution in [0, 0.1) is 12.8 Å². The minimum absolute atomic E-state index is 0.205. The van der Waals surface area contributed by atoms with E-state index < -0.39 is 0 Å². The Bertz CT molecular complexity index is 401. The SMILES string of the molecule is Cc1ccccc1CC(=O)N(CCCN)CC(C)C. The highest BCUT2D eigenvalue weighted by Crippen LogP contribution is 2.10. The molecule has 106 valence electrons. The molecule has 0 aromatic heterocycles. The molecule has 1 amide bonds. The van der Waals surface area contributed by atoms with Gasteiger partial charge in [-0.3, -0.25) is 4.79 Å². The molecule has 2 N–H and O–H groups in total. The number of nitrogens with two attached hydrogens (primary N) is 1. The molecule has 0 saturated carbocycles. The van der Waals surface area contributed by atoms with E-state index in [1.54, 1.807) is 0 Å². The summed E-state index contributed by atoms with van der Waals surface area (Å²) >= 11 is 0. The van der Waals surface area contributed by atoms with Gasteiger partial charge in [-0.05, 0) is 36.9 Å². The molecule has 0 aliphatic rings. The molecule has 1 aromatic rings. The standard InChI is InChI=1S/C16H26N2O/c1-13(2)12-18(10-6-9-17)16(19)11-15-8-5-4-7-14(15)3/h4-5,7-8,13H,6,9-12,17H2,1-3H3. The predicted molar refractivity (Wildman–Crippen MR) is 80.0 cm³/mol. The fraction of sp³-hybridized carbons (Fsp3) is 0.562. The smallest absolute Gasteiger partial charge is 0.227 e. The quantitative estimate of drug-likeness (QED) is 0.820. The summed E-state index contributed by atoms with van der Waals surface area (Å²) in [5, 5.41) is 0. The minimum atomic E-state index is 0.205. The molecule has 3 heteroatoms. The van der Waals surface area contributed by atoms with Crippen molar-refractivity contribution in [3.05, 3.63) is 35.4 Å². The molecular formula is C16H26N2O. The van der Waals surface area contributed by atoms with Crippen molar-refractivity contribution in [3.63, 3.8) is 0 Å². The molecule has 0 fully saturated rings. The lowest BCUT2D eigenvalue weighted by Crippen LogP contribution is -2.37. The first-order valence-electron chi connectivity index (χ1n) is 7.07. The van der Waals surface area contributed by atoms with E-state index >= 15 is 0 Å². The van der Waals surface area contributed by atoms with Crippen molar-refractivity contribution in [1.82, 2.24) is 4.90 Å². The Morgan fingerprint density at radius 1 is 1.32 bits per heavy atom. The first kappa shape index (κ1) is 15.7. The van der Waals surface area contributed by atoms with Crippen molar-refractivity contribution in [2.45, 2.75) is 33.6 Å². The van der Waals surface area contributed by atoms with Gasteiger partial charge in [0.15, 0.2) is 0 Å². The zero-order valence-electron chi connectivity index (χ0n) is 12.4. The zero-order chi connectivity index (χ0) is 14.3. The Labute approximate surface area is 116 Å². The van der Waals surface area contributed by atoms with Crippen LogP contribution < -0.4 is 5.73 Å². The summed E-state index contributed by atoms with van der Waals surface area (Å²) in [6, 6.07) is 8.07. The summed E-state index contributed by atoms with van der Waals surface area (Å²) in [6.07, 6.45) is 1.36. The third-order valence-corrected chi connectivity index (χ3v) is 3.17. The van der Waals surface area contributed by atoms with E-state index in [4.69, 9.17) is 5.73 Å². The van der Waals surface area contributed by atoms with E-state index in [9.17, 15) is 4.79 Å². The highest BCUT2D eigenvalue weighted by molar-refractivity contribution is 5.79. The van der Waals surface area contributed by atoms with Crippen LogP contribution in [-0.2, 0) is 11.2 Å². The van der Waals surface area contributed by atoms with Gasteiger partial charge in [-0.15, -0.1) is 0 Å². The molecule has 0 bridgehead atoms. The molecule has 0 radical (unpaired) electrons. The average molecular weight is 262 g/mol. The van der Waals surface area contributed by atoms with Gasteiger partial charge in [0, 0.05) is 13.1 Å². The first-order chi connectivity index (χ1) is 9.04. The number of carbonyl (C=O) groups is 1. The Morgan fingerprint density at radius 2 is 2.00 bits per heavy atom. The van der Waals surface area contributed by atoms with Gasteiger partial charge in [0.2, 0.25) is 5.91 Å². The summed E-state index contributed by atoms with van der Waals surface area (Å²) in [5.74, 6) is 0.690. The van der Waals surface area contributed by atoms with Gasteiger partial charge in [0.1, 0.15) is 0 Å². The number of rotatable bonds is 7. The van der Waals surface area contributed by atoms with Gasteiger partial charge in [0.25, 0.3) is 0 Å². The van der Waals surface area contributed by atoms with E-state index in [2.05, 4.69) is 26.8 Å². The third kappa shape index (κ3) is 5.43. The molecular weight excluding hydrogens is 236 g/mol. The second kappa shape index (κ2) is 7.95. The fourth-order valence-corrected chi connectivity index (χ4v) is 2.12. The largest absolute Gasteiger partial charge is 0.342 e. The lowest BCUT2D eigenvalue weighted by Gasteiger charge is -2.25. The summed E-state index contributed by atoms with van der Waals surface area (Å²) in [6.45, 7) is 8.53. The van der Waals surface area contributed by atoms with Gasteiger partial charge in [-0.2, -0.15) is 0 Å². The number of amides is 1. The Hall–Kier alpha value is -1.35. The molecule has 0 aliphatic carbocycles. The van der Waals surface area contributed by atoms with E-state index in [0.717, 1.165) is 25.1 Å². The van der Waals surface area contributed by atoms with Crippen LogP contribution in [-0.4, -0.2) is 30.4 Å². The molecule has 0 aliphatic heterocycles. The predicted octanol–water partition coefficient (Wildman–Crippen LogP) is 2.37. The fourth-order valence-electron chi connectivity index (χ4n) is 2.12. The van der Waals surface area contributed by atoms with Crippen LogP contribution >= 0.6 is 0 Å². The summed E-state index contributed by atoms with van der Waals surface area (Å²) in [5.41, 5.74) is 7.85. The lowest BCUT2D eigenvalue weighted by atomic mass is 10.0. The molecule has 0 spiro atoms. The molecule has 0 atom stereocenters. The van der Waals surface area contributed by atoms with Crippen LogP contribution in [0.2, 0.25) is 0 Å². The van der Waals surface area contributed by atoms with Gasteiger partial charge < -0.3 is 10.6 Å². The molecule has 19 heavy (non-hydrogen) atoms. The maximum Gasteiger partial charge on any atom is 0.227 e. The Morgan fingerprint density at radius 3 is 2.58 bits per heavy atom. The van der Waals surface area contributed by atoms with Crippen LogP contribution in [0.15, 0.2) is 24.3 Å². The Balaban J connectivity index is 2.68. The molecule has 0 saturated heterocycles. The topological polar surface area (TPSA) is 46.3 Å². The monoisotopic (exact) mass is 262 g/mol. The summed E-state index contributed by atoms with van der Waals surface area (Å²) in [4.78, 5) is 14.3. The molecule has 0 heterocycles. The van der Waals surface area contributed by atoms with Gasteiger partial charge in [-0.25, -0.2) is 0 Å². The first-order valence-corrected chi connectivity index (χ1v) is 7.07. The number of hydrogen-bond donors (Lipinski definition) is 1. The van der Waals surface area contributed by atoms with Crippen molar-refractivity contribution in [3.8, 4) is 0 Å². The summed E-state index contributed by atoms with van der Waals surface area (Å²) < 4.78 is 0. The van der Waals surface area contributed by atoms with E-state index in [1.165, 1.54) is 5.56 Å². The molecule has 0 unspecified atom stereocenters. The second-order valence-electron chi connectivity index (χ2n) is 5.48. The van der Waals surface area contributed by atoms with Crippen molar-refractivity contribution >= 4 is 5.91 Å². The Kier molecular flexibility index (Phi) is 6.57. The maximum absolute atomic E-state index is 12.4. The number of hydrogen-bond acceptors (Lipinski definition) is 2. The zero-order valence-corrected chi connectivity index (χ0v) is 12.4. The highest BCUT2D eigenvalue weighted by Gasteiger charge is 2.15. The van der Waals surface area contributed by atoms with Crippen molar-refractivity contribution in [1.29, 1.82) is 0 Å². The van der Waals surface area contributed by atoms with Crippen LogP contribution in [0.25, 0.3) is 0 Å². The van der Waals surface area contributed by atoms with Crippen LogP contribution in [0.5, 0.6) is 0 Å². The number of aryl methyl sites for hydroxylation is 1. The van der Waals surface area contributed by atoms with Crippen molar-refractivity contribution in [2.24, 2.45) is 11.7 Å². The molecule has 1 rings (SSSR count). The van der Waals surface area contributed by atoms with Crippen LogP contribution in [0.4, 0.5) is 0 Å². The summed E-state index contributed by atoms with van der Waals surface area (Å²) in [7, 11) is 0. The van der Waals surface area contributed by atoms with E-state index in [1.807, 2.05) is 23.1 Å². The maximum atomic E-state index is 12.4. The lowest BCUT2D eigenvalue weighted by molar-refractivity contribution is -0.131. The highest BCUT2D eigenvalue weighted by atomic mass is 16.2. The van der Waals surface area contributed by atoms with E-state index in [0.29, 0.717) is 18.9 Å². The number of benzene rings is 1. The minimum Gasteiger partial charge on any atom is -0.342 e. The van der Waals surface area contributed by atoms with Crippen molar-refractivity contribution in [2.75, 3.05) is 19.6 Å². The van der Waals surface area contributed by atoms with Gasteiger partial charge >= 0.3 is 0 Å². The second-order valence-corrected chi connectivity index (χ2v) is 5.48. The third-order valence-electron chi connectivity index (χ3n) is 3.17. The number of carbonyl (C=O) groups excluding carboxylic acids is 1. The molecule has 1 aromatic carbocycles. The van der Waals surface area contributed by atoms with Crippen LogP contribution in [0.3, 0.4) is 0 Å². The van der Waals surface area contributed by atoms with Crippen molar-refractivity contribution < 1.29 is 4.79 Å². The van der Waals surface area contributed by atoms with Crippen LogP contribution in [0.1, 0.15) is 31.4 Å². The average Bonchev–Trinajstić information content (AvgIpc) is 2.36. The normalized spacial score (nSPS) is 10.8. The van der Waals surface area contributed by atoms with E-state index in [-0.39, 0.29) is 5.91 Å². The molecule has 3 nitrogen and oxygen atoms in total. The van der Waals surface area contributed by atoms with Gasteiger partial charge in [0.05, 0.1) is 6.42 Å². The van der Waals surface area contributed by atoms with Gasteiger partial charge in [-0.1, -0.05) is 38.1 Å². The number of nitrogens with zero attached hydrogens (tertiary/aromatic N) is 1.